The quantitative estimate of drug-likeness (QED) is 0.416. The molecule has 6 heteroatoms. The van der Waals surface area contributed by atoms with Crippen LogP contribution in [-0.2, 0) is 0 Å². The number of aromatic nitrogens is 4. The summed E-state index contributed by atoms with van der Waals surface area (Å²) >= 11 is 0. The van der Waals surface area contributed by atoms with E-state index in [9.17, 15) is 0 Å². The van der Waals surface area contributed by atoms with Crippen LogP contribution in [0.3, 0.4) is 0 Å². The molecule has 0 spiro atoms. The van der Waals surface area contributed by atoms with Gasteiger partial charge in [-0.2, -0.15) is 5.10 Å². The molecule has 0 saturated carbocycles. The number of rotatable bonds is 5. The topological polar surface area (TPSA) is 75.7 Å². The zero-order valence-corrected chi connectivity index (χ0v) is 16.3. The van der Waals surface area contributed by atoms with Crippen molar-refractivity contribution in [2.24, 2.45) is 0 Å². The first-order valence-corrected chi connectivity index (χ1v) is 9.58. The van der Waals surface area contributed by atoms with E-state index in [4.69, 9.17) is 4.74 Å². The lowest BCUT2D eigenvalue weighted by Gasteiger charge is -2.13. The Morgan fingerprint density at radius 1 is 0.800 bits per heavy atom. The van der Waals surface area contributed by atoms with Gasteiger partial charge in [0.2, 0.25) is 0 Å². The minimum Gasteiger partial charge on any atom is -0.495 e. The molecule has 0 aliphatic carbocycles. The largest absolute Gasteiger partial charge is 0.495 e. The third-order valence-corrected chi connectivity index (χ3v) is 4.97. The van der Waals surface area contributed by atoms with Crippen LogP contribution in [0.25, 0.3) is 33.4 Å². The lowest BCUT2D eigenvalue weighted by Crippen LogP contribution is -1.99. The molecule has 6 nitrogen and oxygen atoms in total. The standard InChI is InChI=1S/C24H19N5O/c1-30-20-13-12-18(16-8-4-2-5-9-16)14-19(20)27-23-21-22(17-10-6-3-7-11-17)28-29-24(21)26-15-25-23/h2-15H,1H3,(H2,25,26,27,28,29). The second kappa shape index (κ2) is 7.67. The summed E-state index contributed by atoms with van der Waals surface area (Å²) in [5, 5.41) is 11.7. The molecular weight excluding hydrogens is 374 g/mol. The third-order valence-electron chi connectivity index (χ3n) is 4.97. The van der Waals surface area contributed by atoms with Gasteiger partial charge < -0.3 is 10.1 Å². The minimum atomic E-state index is 0.601. The molecule has 2 heterocycles. The smallest absolute Gasteiger partial charge is 0.186 e. The van der Waals surface area contributed by atoms with E-state index >= 15 is 0 Å². The van der Waals surface area contributed by atoms with E-state index in [-0.39, 0.29) is 0 Å². The number of fused-ring (bicyclic) bond motifs is 1. The second-order valence-electron chi connectivity index (χ2n) is 6.79. The first-order valence-electron chi connectivity index (χ1n) is 9.58. The highest BCUT2D eigenvalue weighted by molar-refractivity contribution is 6.00. The van der Waals surface area contributed by atoms with Gasteiger partial charge in [0.05, 0.1) is 23.9 Å². The molecule has 0 aliphatic heterocycles. The maximum absolute atomic E-state index is 5.59. The van der Waals surface area contributed by atoms with Gasteiger partial charge >= 0.3 is 0 Å². The summed E-state index contributed by atoms with van der Waals surface area (Å²) in [6.45, 7) is 0. The van der Waals surface area contributed by atoms with Crippen molar-refractivity contribution in [3.8, 4) is 28.1 Å². The molecule has 0 fully saturated rings. The Hall–Kier alpha value is -4.19. The number of anilines is 2. The fourth-order valence-corrected chi connectivity index (χ4v) is 3.51. The summed E-state index contributed by atoms with van der Waals surface area (Å²) in [6, 6.07) is 26.3. The lowest BCUT2D eigenvalue weighted by atomic mass is 10.0. The van der Waals surface area contributed by atoms with Gasteiger partial charge in [-0.25, -0.2) is 9.97 Å². The van der Waals surface area contributed by atoms with Crippen LogP contribution in [0.1, 0.15) is 0 Å². The number of methoxy groups -OCH3 is 1. The van der Waals surface area contributed by atoms with Crippen LogP contribution in [0.5, 0.6) is 5.75 Å². The van der Waals surface area contributed by atoms with Crippen molar-refractivity contribution in [3.63, 3.8) is 0 Å². The van der Waals surface area contributed by atoms with Gasteiger partial charge in [0.15, 0.2) is 5.65 Å². The number of H-pyrrole nitrogens is 1. The predicted octanol–water partition coefficient (Wildman–Crippen LogP) is 5.44. The molecule has 2 N–H and O–H groups in total. The van der Waals surface area contributed by atoms with Crippen LogP contribution in [0, 0.1) is 0 Å². The Labute approximate surface area is 173 Å². The van der Waals surface area contributed by atoms with Crippen LogP contribution < -0.4 is 10.1 Å². The highest BCUT2D eigenvalue weighted by atomic mass is 16.5. The Morgan fingerprint density at radius 3 is 2.27 bits per heavy atom. The molecule has 5 aromatic rings. The Morgan fingerprint density at radius 2 is 1.53 bits per heavy atom. The van der Waals surface area contributed by atoms with Crippen molar-refractivity contribution in [3.05, 3.63) is 85.2 Å². The zero-order valence-electron chi connectivity index (χ0n) is 16.3. The summed E-state index contributed by atoms with van der Waals surface area (Å²) in [6.07, 6.45) is 1.51. The van der Waals surface area contributed by atoms with Gasteiger partial charge in [-0.05, 0) is 23.3 Å². The molecule has 30 heavy (non-hydrogen) atoms. The third kappa shape index (κ3) is 3.24. The molecule has 0 saturated heterocycles. The van der Waals surface area contributed by atoms with Crippen LogP contribution in [0.15, 0.2) is 85.2 Å². The van der Waals surface area contributed by atoms with Crippen molar-refractivity contribution in [2.45, 2.75) is 0 Å². The Balaban J connectivity index is 1.62. The zero-order chi connectivity index (χ0) is 20.3. The fraction of sp³-hybridized carbons (Fsp3) is 0.0417. The normalized spacial score (nSPS) is 10.8. The lowest BCUT2D eigenvalue weighted by molar-refractivity contribution is 0.417. The van der Waals surface area contributed by atoms with E-state index in [1.54, 1.807) is 7.11 Å². The summed E-state index contributed by atoms with van der Waals surface area (Å²) < 4.78 is 5.59. The van der Waals surface area contributed by atoms with E-state index in [1.165, 1.54) is 6.33 Å². The van der Waals surface area contributed by atoms with Gasteiger partial charge in [0.25, 0.3) is 0 Å². The van der Waals surface area contributed by atoms with E-state index in [1.807, 2.05) is 60.7 Å². The first-order chi connectivity index (χ1) is 14.8. The summed E-state index contributed by atoms with van der Waals surface area (Å²) in [7, 11) is 1.66. The van der Waals surface area contributed by atoms with E-state index in [0.717, 1.165) is 39.2 Å². The molecular formula is C24H19N5O. The van der Waals surface area contributed by atoms with Crippen LogP contribution >= 0.6 is 0 Å². The molecule has 0 atom stereocenters. The van der Waals surface area contributed by atoms with Crippen LogP contribution in [-0.4, -0.2) is 27.3 Å². The molecule has 3 aromatic carbocycles. The Bertz CT molecular complexity index is 1300. The highest BCUT2D eigenvalue weighted by Crippen LogP contribution is 2.36. The van der Waals surface area contributed by atoms with Crippen LogP contribution in [0.2, 0.25) is 0 Å². The minimum absolute atomic E-state index is 0.601. The van der Waals surface area contributed by atoms with Gasteiger partial charge in [-0.1, -0.05) is 66.7 Å². The van der Waals surface area contributed by atoms with E-state index in [0.29, 0.717) is 11.5 Å². The van der Waals surface area contributed by atoms with Crippen molar-refractivity contribution in [1.82, 2.24) is 20.2 Å². The molecule has 2 aromatic heterocycles. The molecule has 0 unspecified atom stereocenters. The maximum atomic E-state index is 5.59. The van der Waals surface area contributed by atoms with Crippen molar-refractivity contribution in [1.29, 1.82) is 0 Å². The average molecular weight is 393 g/mol. The van der Waals surface area contributed by atoms with Crippen LogP contribution in [0.4, 0.5) is 11.5 Å². The highest BCUT2D eigenvalue weighted by Gasteiger charge is 2.16. The molecule has 0 aliphatic rings. The summed E-state index contributed by atoms with van der Waals surface area (Å²) in [4.78, 5) is 8.81. The number of benzene rings is 3. The number of nitrogens with zero attached hydrogens (tertiary/aromatic N) is 3. The van der Waals surface area contributed by atoms with E-state index in [2.05, 4.69) is 43.7 Å². The average Bonchev–Trinajstić information content (AvgIpc) is 3.25. The monoisotopic (exact) mass is 393 g/mol. The van der Waals surface area contributed by atoms with Crippen molar-refractivity contribution < 1.29 is 4.74 Å². The number of ether oxygens (including phenoxy) is 1. The fourth-order valence-electron chi connectivity index (χ4n) is 3.51. The number of nitrogens with one attached hydrogen (secondary N) is 2. The molecule has 0 bridgehead atoms. The van der Waals surface area contributed by atoms with Gasteiger partial charge in [0.1, 0.15) is 17.9 Å². The van der Waals surface area contributed by atoms with Gasteiger partial charge in [-0.3, -0.25) is 5.10 Å². The van der Waals surface area contributed by atoms with Gasteiger partial charge in [0, 0.05) is 5.56 Å². The molecule has 5 rings (SSSR count). The summed E-state index contributed by atoms with van der Waals surface area (Å²) in [5.74, 6) is 1.39. The number of aromatic amines is 1. The van der Waals surface area contributed by atoms with E-state index < -0.39 is 0 Å². The molecule has 0 radical (unpaired) electrons. The van der Waals surface area contributed by atoms with Gasteiger partial charge in [-0.15, -0.1) is 0 Å². The number of hydrogen-bond donors (Lipinski definition) is 2. The maximum Gasteiger partial charge on any atom is 0.186 e. The predicted molar refractivity (Wildman–Crippen MR) is 119 cm³/mol. The van der Waals surface area contributed by atoms with Crippen molar-refractivity contribution in [2.75, 3.05) is 12.4 Å². The van der Waals surface area contributed by atoms with Crippen molar-refractivity contribution >= 4 is 22.5 Å². The first kappa shape index (κ1) is 17.9. The molecule has 0 amide bonds. The number of hydrogen-bond acceptors (Lipinski definition) is 5. The SMILES string of the molecule is COc1ccc(-c2ccccc2)cc1Nc1ncnc2n[nH]c(-c3ccccc3)c12. The Kier molecular flexibility index (Phi) is 4.57. The second-order valence-corrected chi connectivity index (χ2v) is 6.79. The molecule has 146 valence electrons. The summed E-state index contributed by atoms with van der Waals surface area (Å²) in [5.41, 5.74) is 5.52.